The van der Waals surface area contributed by atoms with Gasteiger partial charge >= 0.3 is 5.97 Å². The van der Waals surface area contributed by atoms with Crippen LogP contribution in [0.25, 0.3) is 10.8 Å². The molecule has 0 aliphatic carbocycles. The van der Waals surface area contributed by atoms with Gasteiger partial charge in [0, 0.05) is 31.7 Å². The van der Waals surface area contributed by atoms with E-state index in [-0.39, 0.29) is 30.5 Å². The van der Waals surface area contributed by atoms with Gasteiger partial charge in [-0.2, -0.15) is 4.31 Å². The number of esters is 1. The number of hydrogen-bond donors (Lipinski definition) is 0. The Morgan fingerprint density at radius 3 is 2.12 bits per heavy atom. The second-order valence-corrected chi connectivity index (χ2v) is 9.44. The van der Waals surface area contributed by atoms with Crippen molar-refractivity contribution < 1.29 is 22.7 Å². The molecule has 1 fully saturated rings. The number of nitrogens with zero attached hydrogens (tertiary/aromatic N) is 2. The lowest BCUT2D eigenvalue weighted by Crippen LogP contribution is -2.50. The molecule has 1 heterocycles. The fourth-order valence-corrected chi connectivity index (χ4v) is 5.19. The number of fused-ring (bicyclic) bond motifs is 1. The summed E-state index contributed by atoms with van der Waals surface area (Å²) in [5.74, 6) is -0.594. The molecule has 0 unspecified atom stereocenters. The monoisotopic (exact) mass is 452 g/mol. The molecule has 0 radical (unpaired) electrons. The maximum atomic E-state index is 13.0. The molecule has 1 aliphatic rings. The first kappa shape index (κ1) is 22.0. The number of benzene rings is 3. The summed E-state index contributed by atoms with van der Waals surface area (Å²) in [7, 11) is -3.72. The van der Waals surface area contributed by atoms with Crippen LogP contribution in [0.3, 0.4) is 0 Å². The number of rotatable bonds is 5. The Balaban J connectivity index is 1.43. The molecule has 4 rings (SSSR count). The van der Waals surface area contributed by atoms with Crippen molar-refractivity contribution in [2.45, 2.75) is 11.8 Å². The SMILES string of the molecule is CCOC(=O)c1ccc(S(=O)(=O)N2CCN(C(=O)c3ccc4ccccc4c3)CC2)cc1. The van der Waals surface area contributed by atoms with Crippen LogP contribution in [0.2, 0.25) is 0 Å². The van der Waals surface area contributed by atoms with Crippen LogP contribution in [0.15, 0.2) is 71.6 Å². The summed E-state index contributed by atoms with van der Waals surface area (Å²) in [5, 5.41) is 2.06. The predicted molar refractivity (Wildman–Crippen MR) is 121 cm³/mol. The van der Waals surface area contributed by atoms with Crippen LogP contribution in [0.1, 0.15) is 27.6 Å². The highest BCUT2D eigenvalue weighted by molar-refractivity contribution is 7.89. The molecule has 0 atom stereocenters. The van der Waals surface area contributed by atoms with E-state index in [1.54, 1.807) is 17.9 Å². The smallest absolute Gasteiger partial charge is 0.338 e. The van der Waals surface area contributed by atoms with Crippen molar-refractivity contribution >= 4 is 32.7 Å². The lowest BCUT2D eigenvalue weighted by Gasteiger charge is -2.34. The summed E-state index contributed by atoms with van der Waals surface area (Å²) < 4.78 is 32.3. The van der Waals surface area contributed by atoms with Crippen molar-refractivity contribution in [2.75, 3.05) is 32.8 Å². The van der Waals surface area contributed by atoms with Crippen LogP contribution in [0.5, 0.6) is 0 Å². The molecule has 32 heavy (non-hydrogen) atoms. The molecular weight excluding hydrogens is 428 g/mol. The molecule has 1 aliphatic heterocycles. The molecule has 8 heteroatoms. The fraction of sp³-hybridized carbons (Fsp3) is 0.250. The van der Waals surface area contributed by atoms with E-state index < -0.39 is 16.0 Å². The van der Waals surface area contributed by atoms with E-state index in [0.717, 1.165) is 10.8 Å². The molecule has 166 valence electrons. The van der Waals surface area contributed by atoms with E-state index in [0.29, 0.717) is 24.2 Å². The van der Waals surface area contributed by atoms with Crippen molar-refractivity contribution in [3.05, 3.63) is 77.9 Å². The van der Waals surface area contributed by atoms with Crippen molar-refractivity contribution in [1.82, 2.24) is 9.21 Å². The van der Waals surface area contributed by atoms with Gasteiger partial charge in [0.05, 0.1) is 17.1 Å². The van der Waals surface area contributed by atoms with Crippen LogP contribution in [0, 0.1) is 0 Å². The first-order valence-corrected chi connectivity index (χ1v) is 11.9. The lowest BCUT2D eigenvalue weighted by atomic mass is 10.1. The molecule has 7 nitrogen and oxygen atoms in total. The van der Waals surface area contributed by atoms with Gasteiger partial charge in [-0.05, 0) is 54.1 Å². The fourth-order valence-electron chi connectivity index (χ4n) is 3.76. The number of sulfonamides is 1. The highest BCUT2D eigenvalue weighted by Crippen LogP contribution is 2.21. The van der Waals surface area contributed by atoms with Crippen molar-refractivity contribution in [2.24, 2.45) is 0 Å². The quantitative estimate of drug-likeness (QED) is 0.555. The number of piperazine rings is 1. The van der Waals surface area contributed by atoms with Crippen LogP contribution >= 0.6 is 0 Å². The minimum atomic E-state index is -3.72. The largest absolute Gasteiger partial charge is 0.462 e. The molecular formula is C24H24N2O5S. The highest BCUT2D eigenvalue weighted by Gasteiger charge is 2.30. The maximum Gasteiger partial charge on any atom is 0.338 e. The van der Waals surface area contributed by atoms with Gasteiger partial charge in [-0.15, -0.1) is 0 Å². The Hall–Kier alpha value is -3.23. The lowest BCUT2D eigenvalue weighted by molar-refractivity contribution is 0.0526. The summed E-state index contributed by atoms with van der Waals surface area (Å²) in [6.45, 7) is 3.00. The molecule has 0 N–H and O–H groups in total. The van der Waals surface area contributed by atoms with Crippen molar-refractivity contribution in [1.29, 1.82) is 0 Å². The highest BCUT2D eigenvalue weighted by atomic mass is 32.2. The zero-order chi connectivity index (χ0) is 22.7. The summed E-state index contributed by atoms with van der Waals surface area (Å²) in [6.07, 6.45) is 0. The van der Waals surface area contributed by atoms with E-state index >= 15 is 0 Å². The van der Waals surface area contributed by atoms with E-state index in [9.17, 15) is 18.0 Å². The molecule has 3 aromatic rings. The van der Waals surface area contributed by atoms with Crippen molar-refractivity contribution in [3.8, 4) is 0 Å². The molecule has 1 saturated heterocycles. The van der Waals surface area contributed by atoms with E-state index in [1.165, 1.54) is 28.6 Å². The first-order valence-electron chi connectivity index (χ1n) is 10.5. The molecule has 0 spiro atoms. The van der Waals surface area contributed by atoms with Gasteiger partial charge in [0.15, 0.2) is 0 Å². The number of carbonyl (C=O) groups is 2. The van der Waals surface area contributed by atoms with Crippen LogP contribution in [-0.4, -0.2) is 62.3 Å². The van der Waals surface area contributed by atoms with Crippen LogP contribution in [0.4, 0.5) is 0 Å². The number of amides is 1. The average molecular weight is 453 g/mol. The van der Waals surface area contributed by atoms with Crippen molar-refractivity contribution in [3.63, 3.8) is 0 Å². The first-order chi connectivity index (χ1) is 15.4. The number of ether oxygens (including phenoxy) is 1. The van der Waals surface area contributed by atoms with Gasteiger partial charge < -0.3 is 9.64 Å². The van der Waals surface area contributed by atoms with E-state index in [2.05, 4.69) is 0 Å². The Bertz CT molecular complexity index is 1250. The Morgan fingerprint density at radius 1 is 0.844 bits per heavy atom. The summed E-state index contributed by atoms with van der Waals surface area (Å²) in [5.41, 5.74) is 0.895. The van der Waals surface area contributed by atoms with Gasteiger partial charge in [0.2, 0.25) is 10.0 Å². The molecule has 0 saturated carbocycles. The zero-order valence-electron chi connectivity index (χ0n) is 17.7. The topological polar surface area (TPSA) is 84.0 Å². The Kier molecular flexibility index (Phi) is 6.25. The third-order valence-electron chi connectivity index (χ3n) is 5.53. The van der Waals surface area contributed by atoms with Crippen LogP contribution < -0.4 is 0 Å². The van der Waals surface area contributed by atoms with Crippen LogP contribution in [-0.2, 0) is 14.8 Å². The summed E-state index contributed by atoms with van der Waals surface area (Å²) in [4.78, 5) is 26.5. The normalized spacial score (nSPS) is 15.0. The predicted octanol–water partition coefficient (Wildman–Crippen LogP) is 3.16. The second kappa shape index (κ2) is 9.10. The maximum absolute atomic E-state index is 13.0. The number of carbonyl (C=O) groups excluding carboxylic acids is 2. The van der Waals surface area contributed by atoms with Gasteiger partial charge in [0.1, 0.15) is 0 Å². The van der Waals surface area contributed by atoms with Gasteiger partial charge in [-0.3, -0.25) is 4.79 Å². The Labute approximate surface area is 187 Å². The third kappa shape index (κ3) is 4.37. The van der Waals surface area contributed by atoms with Gasteiger partial charge in [0.25, 0.3) is 5.91 Å². The van der Waals surface area contributed by atoms with E-state index in [1.807, 2.05) is 36.4 Å². The molecule has 3 aromatic carbocycles. The zero-order valence-corrected chi connectivity index (χ0v) is 18.5. The molecule has 1 amide bonds. The van der Waals surface area contributed by atoms with Gasteiger partial charge in [-0.25, -0.2) is 13.2 Å². The number of hydrogen-bond acceptors (Lipinski definition) is 5. The minimum Gasteiger partial charge on any atom is -0.462 e. The van der Waals surface area contributed by atoms with Gasteiger partial charge in [-0.1, -0.05) is 30.3 Å². The minimum absolute atomic E-state index is 0.105. The molecule has 0 aromatic heterocycles. The molecule has 0 bridgehead atoms. The average Bonchev–Trinajstić information content (AvgIpc) is 2.83. The van der Waals surface area contributed by atoms with E-state index in [4.69, 9.17) is 4.74 Å². The second-order valence-electron chi connectivity index (χ2n) is 7.50. The standard InChI is InChI=1S/C24H24N2O5S/c1-2-31-24(28)19-9-11-22(12-10-19)32(29,30)26-15-13-25(14-16-26)23(27)21-8-7-18-5-3-4-6-20(18)17-21/h3-12,17H,2,13-16H2,1H3. The Morgan fingerprint density at radius 2 is 1.47 bits per heavy atom. The summed E-state index contributed by atoms with van der Waals surface area (Å²) in [6, 6.07) is 19.1. The summed E-state index contributed by atoms with van der Waals surface area (Å²) >= 11 is 0. The third-order valence-corrected chi connectivity index (χ3v) is 7.44.